The Kier molecular flexibility index (Phi) is 11.4. The molecule has 0 aliphatic heterocycles. The van der Waals surface area contributed by atoms with E-state index in [1.807, 2.05) is 0 Å². The van der Waals surface area contributed by atoms with Gasteiger partial charge in [0.15, 0.2) is 0 Å². The van der Waals surface area contributed by atoms with Gasteiger partial charge in [-0.15, -0.1) is 0 Å². The van der Waals surface area contributed by atoms with Gasteiger partial charge in [-0.3, -0.25) is 0 Å². The molecule has 0 saturated heterocycles. The maximum absolute atomic E-state index is 2.70. The van der Waals surface area contributed by atoms with Crippen molar-refractivity contribution >= 4 is 89.5 Å². The first-order valence-corrected chi connectivity index (χ1v) is 32.6. The van der Waals surface area contributed by atoms with E-state index in [0.29, 0.717) is 0 Å². The van der Waals surface area contributed by atoms with Crippen LogP contribution in [0.15, 0.2) is 267 Å². The largest absolute Gasteiger partial charge is 0.309 e. The van der Waals surface area contributed by atoms with E-state index in [2.05, 4.69) is 300 Å². The molecule has 2 heteroatoms. The lowest BCUT2D eigenvalue weighted by molar-refractivity contribution is 0.544. The maximum Gasteiger partial charge on any atom is 0.0541 e. The van der Waals surface area contributed by atoms with Gasteiger partial charge in [0, 0.05) is 43.7 Å². The fourth-order valence-electron chi connectivity index (χ4n) is 17.2. The summed E-state index contributed by atoms with van der Waals surface area (Å²) in [5.41, 5.74) is 29.5. The van der Waals surface area contributed by atoms with Crippen LogP contribution in [0.25, 0.3) is 145 Å². The van der Waals surface area contributed by atoms with Crippen LogP contribution in [0.3, 0.4) is 0 Å². The third-order valence-electron chi connectivity index (χ3n) is 21.6. The lowest BCUT2D eigenvalue weighted by Crippen LogP contribution is -2.22. The lowest BCUT2D eigenvalue weighted by atomic mass is 9.74. The van der Waals surface area contributed by atoms with E-state index in [1.54, 1.807) is 22.3 Å². The van der Waals surface area contributed by atoms with E-state index in [0.717, 1.165) is 0 Å². The zero-order valence-corrected chi connectivity index (χ0v) is 50.3. The molecule has 2 saturated carbocycles. The SMILES string of the molecule is C(=C\c1ccc2c(c1)c1ccccc1n2-c1ccc2ccccc2c1)/c1ccc(-c2ccc3c(c2)C2(CCCC2)c2cc4c(cc2-3)C2(CCCC2)c2cc(-c3ccc(/C=C/c5ccc6c(c5)c5ccccc5n6-c5ccc6ccccc6c5)cc3)ccc2-4)cc1. The highest BCUT2D eigenvalue weighted by Crippen LogP contribution is 2.63. The van der Waals surface area contributed by atoms with Gasteiger partial charge in [0.05, 0.1) is 22.1 Å². The van der Waals surface area contributed by atoms with Crippen molar-refractivity contribution in [3.05, 3.63) is 311 Å². The van der Waals surface area contributed by atoms with Crippen molar-refractivity contribution in [2.45, 2.75) is 62.2 Å². The highest BCUT2D eigenvalue weighted by molar-refractivity contribution is 6.11. The van der Waals surface area contributed by atoms with Crippen LogP contribution in [0.2, 0.25) is 0 Å². The zero-order chi connectivity index (χ0) is 59.1. The zero-order valence-electron chi connectivity index (χ0n) is 50.3. The second-order valence-electron chi connectivity index (χ2n) is 26.3. The first kappa shape index (κ1) is 51.5. The Hall–Kier alpha value is -10.5. The molecular weight excluding hydrogens is 1080 g/mol. The molecule has 13 aromatic carbocycles. The average molecular weight is 1150 g/mol. The van der Waals surface area contributed by atoms with Gasteiger partial charge in [-0.05, 0) is 221 Å². The van der Waals surface area contributed by atoms with Gasteiger partial charge in [0.1, 0.15) is 0 Å². The Bertz CT molecular complexity index is 5190. The Morgan fingerprint density at radius 2 is 0.600 bits per heavy atom. The fourth-order valence-corrected chi connectivity index (χ4v) is 17.2. The van der Waals surface area contributed by atoms with Crippen molar-refractivity contribution in [1.82, 2.24) is 9.13 Å². The van der Waals surface area contributed by atoms with Crippen molar-refractivity contribution in [2.24, 2.45) is 0 Å². The standard InChI is InChI=1S/C88H64N2/c1-3-15-65-51-69(39-35-61(65)13-1)89-83-19-7-5-17-73(83)77-49-59(29-43-85(77)89)23-21-57-25-31-63(32-26-57)67-37-41-71-75-55-82-76(56-81(75)87(79(71)53-67)45-9-10-46-87)72-42-38-68(54-80(72)88(82)47-11-12-48-88)64-33-27-58(28-34-64)22-24-60-30-44-86-78(50-60)74-18-6-8-20-84(74)90(86)70-40-36-62-14-2-4-16-66(62)52-70/h1-8,13-44,49-56H,9-12,45-48H2/b23-21+,24-22+. The average Bonchev–Trinajstić information content (AvgIpc) is 2.17. The van der Waals surface area contributed by atoms with E-state index in [-0.39, 0.29) is 10.8 Å². The number of rotatable bonds is 8. The molecule has 4 aliphatic rings. The molecule has 15 aromatic rings. The van der Waals surface area contributed by atoms with Crippen LogP contribution in [0, 0.1) is 0 Å². The van der Waals surface area contributed by atoms with E-state index in [1.165, 1.54) is 195 Å². The number of hydrogen-bond donors (Lipinski definition) is 0. The highest BCUT2D eigenvalue weighted by atomic mass is 15.0. The van der Waals surface area contributed by atoms with Crippen molar-refractivity contribution in [2.75, 3.05) is 0 Å². The van der Waals surface area contributed by atoms with Crippen molar-refractivity contribution in [1.29, 1.82) is 0 Å². The predicted molar refractivity (Wildman–Crippen MR) is 381 cm³/mol. The van der Waals surface area contributed by atoms with E-state index in [9.17, 15) is 0 Å². The lowest BCUT2D eigenvalue weighted by Gasteiger charge is -2.29. The van der Waals surface area contributed by atoms with Crippen LogP contribution < -0.4 is 0 Å². The number of benzene rings is 13. The van der Waals surface area contributed by atoms with Crippen molar-refractivity contribution < 1.29 is 0 Å². The van der Waals surface area contributed by atoms with Gasteiger partial charge in [0.2, 0.25) is 0 Å². The summed E-state index contributed by atoms with van der Waals surface area (Å²) >= 11 is 0. The summed E-state index contributed by atoms with van der Waals surface area (Å²) in [7, 11) is 0. The molecule has 2 aromatic heterocycles. The van der Waals surface area contributed by atoms with Gasteiger partial charge < -0.3 is 9.13 Å². The minimum atomic E-state index is 0.0502. The molecule has 2 spiro atoms. The predicted octanol–water partition coefficient (Wildman–Crippen LogP) is 23.5. The molecule has 2 nitrogen and oxygen atoms in total. The highest BCUT2D eigenvalue weighted by Gasteiger charge is 2.50. The second-order valence-corrected chi connectivity index (χ2v) is 26.3. The number of nitrogens with zero attached hydrogens (tertiary/aromatic N) is 2. The van der Waals surface area contributed by atoms with Crippen LogP contribution in [0.5, 0.6) is 0 Å². The topological polar surface area (TPSA) is 9.86 Å². The van der Waals surface area contributed by atoms with E-state index < -0.39 is 0 Å². The molecule has 0 radical (unpaired) electrons. The van der Waals surface area contributed by atoms with Crippen molar-refractivity contribution in [3.63, 3.8) is 0 Å². The first-order valence-electron chi connectivity index (χ1n) is 32.6. The third kappa shape index (κ3) is 7.90. The summed E-state index contributed by atoms with van der Waals surface area (Å²) in [5.74, 6) is 0. The van der Waals surface area contributed by atoms with Gasteiger partial charge >= 0.3 is 0 Å². The molecule has 426 valence electrons. The van der Waals surface area contributed by atoms with Gasteiger partial charge in [-0.25, -0.2) is 0 Å². The van der Waals surface area contributed by atoms with Crippen LogP contribution >= 0.6 is 0 Å². The first-order chi connectivity index (χ1) is 44.5. The molecule has 2 fully saturated rings. The monoisotopic (exact) mass is 1150 g/mol. The van der Waals surface area contributed by atoms with Crippen LogP contribution in [0.4, 0.5) is 0 Å². The van der Waals surface area contributed by atoms with E-state index >= 15 is 0 Å². The summed E-state index contributed by atoms with van der Waals surface area (Å²) in [5, 5.41) is 10.1. The summed E-state index contributed by atoms with van der Waals surface area (Å²) in [4.78, 5) is 0. The molecule has 19 rings (SSSR count). The number of aromatic nitrogens is 2. The summed E-state index contributed by atoms with van der Waals surface area (Å²) in [6.07, 6.45) is 19.0. The Morgan fingerprint density at radius 1 is 0.244 bits per heavy atom. The Balaban J connectivity index is 0.590. The summed E-state index contributed by atoms with van der Waals surface area (Å²) in [6, 6.07) is 101. The van der Waals surface area contributed by atoms with Crippen LogP contribution in [-0.2, 0) is 10.8 Å². The van der Waals surface area contributed by atoms with Crippen LogP contribution in [-0.4, -0.2) is 9.13 Å². The smallest absolute Gasteiger partial charge is 0.0541 e. The molecule has 0 atom stereocenters. The molecule has 0 N–H and O–H groups in total. The molecule has 90 heavy (non-hydrogen) atoms. The second kappa shape index (κ2) is 20.0. The molecular formula is C88H64N2. The minimum Gasteiger partial charge on any atom is -0.309 e. The van der Waals surface area contributed by atoms with E-state index in [4.69, 9.17) is 0 Å². The normalized spacial score (nSPS) is 15.3. The maximum atomic E-state index is 2.70. The molecule has 0 unspecified atom stereocenters. The van der Waals surface area contributed by atoms with Gasteiger partial charge in [-0.2, -0.15) is 0 Å². The third-order valence-corrected chi connectivity index (χ3v) is 21.6. The van der Waals surface area contributed by atoms with Gasteiger partial charge in [-0.1, -0.05) is 232 Å². The minimum absolute atomic E-state index is 0.0502. The summed E-state index contributed by atoms with van der Waals surface area (Å²) in [6.45, 7) is 0. The van der Waals surface area contributed by atoms with Gasteiger partial charge in [0.25, 0.3) is 0 Å². The van der Waals surface area contributed by atoms with Crippen LogP contribution in [0.1, 0.15) is 95.9 Å². The molecule has 2 heterocycles. The van der Waals surface area contributed by atoms with Crippen molar-refractivity contribution in [3.8, 4) is 55.9 Å². The fraction of sp³-hybridized carbons (Fsp3) is 0.114. The molecule has 4 aliphatic carbocycles. The Morgan fingerprint density at radius 3 is 1.04 bits per heavy atom. The number of fused-ring (bicyclic) bond motifs is 18. The quantitative estimate of drug-likeness (QED) is 0.134. The number of para-hydroxylation sites is 2. The Labute approximate surface area is 525 Å². The number of hydrogen-bond acceptors (Lipinski definition) is 0. The summed E-state index contributed by atoms with van der Waals surface area (Å²) < 4.78 is 4.83. The molecule has 0 bridgehead atoms. The molecule has 0 amide bonds.